The predicted molar refractivity (Wildman–Crippen MR) is 119 cm³/mol. The van der Waals surface area contributed by atoms with E-state index in [2.05, 4.69) is 27.8 Å². The number of halogens is 1. The van der Waals surface area contributed by atoms with Crippen molar-refractivity contribution < 1.29 is 14.3 Å². The molecule has 1 fully saturated rings. The van der Waals surface area contributed by atoms with Crippen molar-refractivity contribution in [2.24, 2.45) is 11.8 Å². The summed E-state index contributed by atoms with van der Waals surface area (Å²) in [5.74, 6) is 0.371. The molecule has 1 aliphatic carbocycles. The highest BCUT2D eigenvalue weighted by molar-refractivity contribution is 9.10. The number of hydrogen-bond donors (Lipinski definition) is 0. The SMILES string of the molecule is Cc1nc(N2C(=O)C3=C(C(=O)C4CC(C)CCC4O3)C2c2ccc(Br)cc2)sc1C. The first-order chi connectivity index (χ1) is 14.3. The van der Waals surface area contributed by atoms with E-state index >= 15 is 0 Å². The van der Waals surface area contributed by atoms with Crippen LogP contribution in [0.3, 0.4) is 0 Å². The van der Waals surface area contributed by atoms with Crippen LogP contribution < -0.4 is 4.90 Å². The summed E-state index contributed by atoms with van der Waals surface area (Å²) in [6, 6.07) is 7.29. The van der Waals surface area contributed by atoms with E-state index in [-0.39, 0.29) is 29.5 Å². The fourth-order valence-corrected chi connectivity index (χ4v) is 5.99. The lowest BCUT2D eigenvalue weighted by atomic mass is 9.74. The normalized spacial score (nSPS) is 28.5. The lowest BCUT2D eigenvalue weighted by Crippen LogP contribution is -2.41. The summed E-state index contributed by atoms with van der Waals surface area (Å²) in [6.45, 7) is 6.12. The molecule has 0 bridgehead atoms. The molecule has 0 radical (unpaired) electrons. The van der Waals surface area contributed by atoms with E-state index in [4.69, 9.17) is 4.74 Å². The minimum absolute atomic E-state index is 0.0709. The Morgan fingerprint density at radius 3 is 2.57 bits per heavy atom. The third-order valence-electron chi connectivity index (χ3n) is 6.52. The van der Waals surface area contributed by atoms with Crippen molar-refractivity contribution in [2.75, 3.05) is 4.90 Å². The number of ketones is 1. The van der Waals surface area contributed by atoms with Gasteiger partial charge in [0.1, 0.15) is 6.10 Å². The van der Waals surface area contributed by atoms with Gasteiger partial charge in [-0.2, -0.15) is 0 Å². The van der Waals surface area contributed by atoms with Crippen LogP contribution in [0, 0.1) is 25.7 Å². The van der Waals surface area contributed by atoms with E-state index in [0.29, 0.717) is 16.6 Å². The van der Waals surface area contributed by atoms with E-state index < -0.39 is 6.04 Å². The van der Waals surface area contributed by atoms with Gasteiger partial charge < -0.3 is 4.74 Å². The molecule has 1 amide bonds. The van der Waals surface area contributed by atoms with Gasteiger partial charge in [-0.05, 0) is 56.7 Å². The number of fused-ring (bicyclic) bond motifs is 1. The Labute approximate surface area is 188 Å². The Balaban J connectivity index is 1.65. The Kier molecular flexibility index (Phi) is 4.86. The van der Waals surface area contributed by atoms with Gasteiger partial charge in [-0.25, -0.2) is 4.98 Å². The van der Waals surface area contributed by atoms with E-state index in [9.17, 15) is 9.59 Å². The number of anilines is 1. The minimum atomic E-state index is -0.503. The second kappa shape index (κ2) is 7.31. The highest BCUT2D eigenvalue weighted by atomic mass is 79.9. The van der Waals surface area contributed by atoms with Gasteiger partial charge in [-0.3, -0.25) is 14.5 Å². The zero-order chi connectivity index (χ0) is 21.2. The summed E-state index contributed by atoms with van der Waals surface area (Å²) in [7, 11) is 0. The zero-order valence-corrected chi connectivity index (χ0v) is 19.5. The molecule has 4 atom stereocenters. The number of benzene rings is 1. The molecule has 1 aromatic heterocycles. The number of aryl methyl sites for hydroxylation is 2. The summed E-state index contributed by atoms with van der Waals surface area (Å²) in [5, 5.41) is 0.616. The molecule has 0 spiro atoms. The molecule has 1 saturated carbocycles. The van der Waals surface area contributed by atoms with Crippen LogP contribution in [0.15, 0.2) is 40.1 Å². The predicted octanol–water partition coefficient (Wildman–Crippen LogP) is 5.27. The van der Waals surface area contributed by atoms with E-state index in [1.54, 1.807) is 4.90 Å². The molecule has 5 rings (SSSR count). The molecular formula is C23H23BrN2O3S. The van der Waals surface area contributed by atoms with Gasteiger partial charge in [0.25, 0.3) is 5.91 Å². The number of nitrogens with zero attached hydrogens (tertiary/aromatic N) is 2. The molecule has 4 unspecified atom stereocenters. The van der Waals surface area contributed by atoms with Crippen molar-refractivity contribution >= 4 is 44.1 Å². The third-order valence-corrected chi connectivity index (χ3v) is 8.12. The fraction of sp³-hybridized carbons (Fsp3) is 0.435. The lowest BCUT2D eigenvalue weighted by Gasteiger charge is -2.37. The molecule has 0 N–H and O–H groups in total. The fourth-order valence-electron chi connectivity index (χ4n) is 4.79. The van der Waals surface area contributed by atoms with Crippen LogP contribution >= 0.6 is 27.3 Å². The van der Waals surface area contributed by atoms with Crippen LogP contribution in [0.4, 0.5) is 5.13 Å². The molecule has 2 aliphatic heterocycles. The number of hydrogen-bond acceptors (Lipinski definition) is 5. The average Bonchev–Trinajstić information content (AvgIpc) is 3.20. The summed E-state index contributed by atoms with van der Waals surface area (Å²) in [5.41, 5.74) is 2.29. The smallest absolute Gasteiger partial charge is 0.296 e. The zero-order valence-electron chi connectivity index (χ0n) is 17.1. The molecule has 1 aromatic carbocycles. The van der Waals surface area contributed by atoms with Crippen molar-refractivity contribution in [3.63, 3.8) is 0 Å². The second-order valence-electron chi connectivity index (χ2n) is 8.56. The first-order valence-corrected chi connectivity index (χ1v) is 11.9. The van der Waals surface area contributed by atoms with E-state index in [1.165, 1.54) is 11.3 Å². The summed E-state index contributed by atoms with van der Waals surface area (Å²) < 4.78 is 7.19. The number of amides is 1. The van der Waals surface area contributed by atoms with Crippen LogP contribution in [0.1, 0.15) is 48.4 Å². The Morgan fingerprint density at radius 1 is 1.17 bits per heavy atom. The van der Waals surface area contributed by atoms with Crippen molar-refractivity contribution in [3.8, 4) is 0 Å². The summed E-state index contributed by atoms with van der Waals surface area (Å²) in [6.07, 6.45) is 2.47. The number of rotatable bonds is 2. The summed E-state index contributed by atoms with van der Waals surface area (Å²) in [4.78, 5) is 34.6. The van der Waals surface area contributed by atoms with Crippen LogP contribution in [0.25, 0.3) is 0 Å². The number of aromatic nitrogens is 1. The van der Waals surface area contributed by atoms with Gasteiger partial charge in [0.15, 0.2) is 16.7 Å². The maximum absolute atomic E-state index is 13.7. The topological polar surface area (TPSA) is 59.5 Å². The minimum Gasteiger partial charge on any atom is -0.483 e. The average molecular weight is 487 g/mol. The van der Waals surface area contributed by atoms with Gasteiger partial charge in [-0.1, -0.05) is 35.0 Å². The number of Topliss-reactive ketones (excluding diaryl/α,β-unsaturated/α-hetero) is 1. The quantitative estimate of drug-likeness (QED) is 0.579. The largest absolute Gasteiger partial charge is 0.483 e. The third kappa shape index (κ3) is 3.05. The molecular weight excluding hydrogens is 464 g/mol. The first-order valence-electron chi connectivity index (χ1n) is 10.3. The number of thiazole rings is 1. The number of ether oxygens (including phenoxy) is 1. The Morgan fingerprint density at radius 2 is 1.90 bits per heavy atom. The van der Waals surface area contributed by atoms with Crippen LogP contribution in [-0.2, 0) is 14.3 Å². The van der Waals surface area contributed by atoms with Crippen molar-refractivity contribution in [1.82, 2.24) is 4.98 Å². The molecule has 156 valence electrons. The van der Waals surface area contributed by atoms with E-state index in [1.807, 2.05) is 38.1 Å². The van der Waals surface area contributed by atoms with Gasteiger partial charge >= 0.3 is 0 Å². The number of carbonyl (C=O) groups excluding carboxylic acids is 2. The molecule has 2 aromatic rings. The van der Waals surface area contributed by atoms with Crippen LogP contribution in [0.2, 0.25) is 0 Å². The van der Waals surface area contributed by atoms with Gasteiger partial charge in [0.05, 0.1) is 23.2 Å². The highest BCUT2D eigenvalue weighted by Crippen LogP contribution is 2.49. The van der Waals surface area contributed by atoms with E-state index in [0.717, 1.165) is 39.9 Å². The highest BCUT2D eigenvalue weighted by Gasteiger charge is 2.53. The monoisotopic (exact) mass is 486 g/mol. The number of carbonyl (C=O) groups is 2. The second-order valence-corrected chi connectivity index (χ2v) is 10.7. The molecule has 7 heteroatoms. The van der Waals surface area contributed by atoms with Crippen molar-refractivity contribution in [3.05, 3.63) is 56.2 Å². The van der Waals surface area contributed by atoms with Crippen LogP contribution in [-0.4, -0.2) is 22.8 Å². The molecule has 30 heavy (non-hydrogen) atoms. The molecule has 0 saturated heterocycles. The van der Waals surface area contributed by atoms with Gasteiger partial charge in [-0.15, -0.1) is 11.3 Å². The lowest BCUT2D eigenvalue weighted by molar-refractivity contribution is -0.132. The maximum Gasteiger partial charge on any atom is 0.296 e. The van der Waals surface area contributed by atoms with Crippen LogP contribution in [0.5, 0.6) is 0 Å². The molecule has 5 nitrogen and oxygen atoms in total. The maximum atomic E-state index is 13.7. The molecule has 3 heterocycles. The van der Waals surface area contributed by atoms with Crippen molar-refractivity contribution in [2.45, 2.75) is 52.2 Å². The molecule has 3 aliphatic rings. The Bertz CT molecular complexity index is 1060. The van der Waals surface area contributed by atoms with Gasteiger partial charge in [0, 0.05) is 9.35 Å². The van der Waals surface area contributed by atoms with Crippen molar-refractivity contribution in [1.29, 1.82) is 0 Å². The first kappa shape index (κ1) is 19.9. The summed E-state index contributed by atoms with van der Waals surface area (Å²) >= 11 is 4.96. The Hall–Kier alpha value is -1.99. The van der Waals surface area contributed by atoms with Gasteiger partial charge in [0.2, 0.25) is 0 Å². The standard InChI is InChI=1S/C23H23BrN2O3S/c1-11-4-9-17-16(10-11)20(27)18-19(14-5-7-15(24)8-6-14)26(22(28)21(18)29-17)23-25-12(2)13(3)30-23/h5-8,11,16-17,19H,4,9-10H2,1-3H3.